The van der Waals surface area contributed by atoms with Crippen LogP contribution in [0.5, 0.6) is 0 Å². The largest absolute Gasteiger partial charge is 0.448 e. The summed E-state index contributed by atoms with van der Waals surface area (Å²) in [6.07, 6.45) is -1.28. The summed E-state index contributed by atoms with van der Waals surface area (Å²) in [4.78, 5) is 33.4. The topological polar surface area (TPSA) is 60.4 Å². The van der Waals surface area contributed by atoms with Crippen molar-refractivity contribution in [2.45, 2.75) is 13.0 Å². The van der Waals surface area contributed by atoms with Crippen molar-refractivity contribution in [1.82, 2.24) is 0 Å². The molecule has 0 amide bonds. The first-order valence-corrected chi connectivity index (χ1v) is 4.43. The number of hydrogen-bond acceptors (Lipinski definition) is 4. The van der Waals surface area contributed by atoms with Gasteiger partial charge in [-0.1, -0.05) is 17.7 Å². The molecule has 1 aliphatic rings. The Balaban J connectivity index is 2.50. The van der Waals surface area contributed by atoms with Crippen LogP contribution in [-0.2, 0) is 9.53 Å². The van der Waals surface area contributed by atoms with E-state index in [0.29, 0.717) is 11.1 Å². The van der Waals surface area contributed by atoms with Gasteiger partial charge in [0.25, 0.3) is 6.47 Å². The molecule has 0 saturated carbocycles. The van der Waals surface area contributed by atoms with E-state index < -0.39 is 17.7 Å². The van der Waals surface area contributed by atoms with Crippen LogP contribution in [0.2, 0.25) is 0 Å². The fourth-order valence-electron chi connectivity index (χ4n) is 1.66. The third-order valence-electron chi connectivity index (χ3n) is 2.37. The van der Waals surface area contributed by atoms with Gasteiger partial charge in [-0.05, 0) is 13.0 Å². The molecule has 0 aromatic heterocycles. The summed E-state index contributed by atoms with van der Waals surface area (Å²) in [7, 11) is 0. The Morgan fingerprint density at radius 3 is 2.53 bits per heavy atom. The van der Waals surface area contributed by atoms with E-state index in [1.807, 2.05) is 6.92 Å². The predicted octanol–water partition coefficient (Wildman–Crippen LogP) is 0.916. The lowest BCUT2D eigenvalue weighted by molar-refractivity contribution is -0.130. The second-order valence-electron chi connectivity index (χ2n) is 3.39. The number of fused-ring (bicyclic) bond motifs is 1. The number of ether oxygens (including phenoxy) is 1. The summed E-state index contributed by atoms with van der Waals surface area (Å²) in [6, 6.07) is 4.95. The summed E-state index contributed by atoms with van der Waals surface area (Å²) in [5.74, 6) is -0.882. The molecular weight excluding hydrogens is 196 g/mol. The number of carbonyl (C=O) groups excluding carboxylic acids is 3. The molecule has 1 aromatic carbocycles. The zero-order chi connectivity index (χ0) is 11.0. The van der Waals surface area contributed by atoms with Crippen molar-refractivity contribution in [3.63, 3.8) is 0 Å². The van der Waals surface area contributed by atoms with Crippen LogP contribution in [0.3, 0.4) is 0 Å². The number of ketones is 2. The van der Waals surface area contributed by atoms with E-state index in [9.17, 15) is 14.4 Å². The molecule has 4 heteroatoms. The molecule has 0 heterocycles. The van der Waals surface area contributed by atoms with Crippen molar-refractivity contribution >= 4 is 18.0 Å². The summed E-state index contributed by atoms with van der Waals surface area (Å²) in [5.41, 5.74) is 1.56. The maximum absolute atomic E-state index is 11.6. The van der Waals surface area contributed by atoms with Gasteiger partial charge in [-0.25, -0.2) is 0 Å². The third kappa shape index (κ3) is 1.34. The molecule has 0 aliphatic heterocycles. The molecule has 1 unspecified atom stereocenters. The highest BCUT2D eigenvalue weighted by molar-refractivity contribution is 6.29. The molecule has 76 valence electrons. The summed E-state index contributed by atoms with van der Waals surface area (Å²) in [5, 5.41) is 0. The third-order valence-corrected chi connectivity index (χ3v) is 2.37. The summed E-state index contributed by atoms with van der Waals surface area (Å²) < 4.78 is 4.47. The van der Waals surface area contributed by atoms with Crippen LogP contribution < -0.4 is 0 Å². The van der Waals surface area contributed by atoms with Crippen molar-refractivity contribution in [1.29, 1.82) is 0 Å². The molecule has 0 radical (unpaired) electrons. The predicted molar refractivity (Wildman–Crippen MR) is 50.8 cm³/mol. The Morgan fingerprint density at radius 1 is 1.20 bits per heavy atom. The maximum Gasteiger partial charge on any atom is 0.294 e. The Morgan fingerprint density at radius 2 is 1.87 bits per heavy atom. The van der Waals surface area contributed by atoms with Gasteiger partial charge in [0.05, 0.1) is 0 Å². The average Bonchev–Trinajstić information content (AvgIpc) is 2.44. The lowest BCUT2D eigenvalue weighted by Crippen LogP contribution is -2.25. The Hall–Kier alpha value is -1.97. The van der Waals surface area contributed by atoms with Gasteiger partial charge < -0.3 is 4.74 Å². The van der Waals surface area contributed by atoms with Gasteiger partial charge in [0.15, 0.2) is 0 Å². The van der Waals surface area contributed by atoms with Gasteiger partial charge in [-0.2, -0.15) is 0 Å². The molecule has 2 rings (SSSR count). The van der Waals surface area contributed by atoms with Crippen molar-refractivity contribution < 1.29 is 19.1 Å². The highest BCUT2D eigenvalue weighted by atomic mass is 16.5. The average molecular weight is 204 g/mol. The van der Waals surface area contributed by atoms with Gasteiger partial charge in [-0.3, -0.25) is 14.4 Å². The van der Waals surface area contributed by atoms with Crippen LogP contribution in [0.1, 0.15) is 26.3 Å². The highest BCUT2D eigenvalue weighted by Gasteiger charge is 2.40. The van der Waals surface area contributed by atoms with E-state index >= 15 is 0 Å². The van der Waals surface area contributed by atoms with Crippen molar-refractivity contribution in [2.24, 2.45) is 0 Å². The van der Waals surface area contributed by atoms with Gasteiger partial charge in [0.2, 0.25) is 17.7 Å². The van der Waals surface area contributed by atoms with Gasteiger partial charge in [0.1, 0.15) is 0 Å². The van der Waals surface area contributed by atoms with Gasteiger partial charge >= 0.3 is 0 Å². The van der Waals surface area contributed by atoms with Crippen molar-refractivity contribution in [3.05, 3.63) is 34.9 Å². The second kappa shape index (κ2) is 3.31. The Labute approximate surface area is 85.8 Å². The molecule has 0 spiro atoms. The second-order valence-corrected chi connectivity index (χ2v) is 3.39. The van der Waals surface area contributed by atoms with E-state index in [-0.39, 0.29) is 6.47 Å². The molecule has 0 saturated heterocycles. The molecule has 1 atom stereocenters. The SMILES string of the molecule is Cc1ccc2c(c1)C(=O)C(OC=O)C2=O. The normalized spacial score (nSPS) is 18.9. The Bertz CT molecular complexity index is 462. The smallest absolute Gasteiger partial charge is 0.294 e. The summed E-state index contributed by atoms with van der Waals surface area (Å²) >= 11 is 0. The van der Waals surface area contributed by atoms with E-state index in [1.165, 1.54) is 0 Å². The van der Waals surface area contributed by atoms with Crippen molar-refractivity contribution in [2.75, 3.05) is 0 Å². The molecule has 0 fully saturated rings. The number of hydrogen-bond donors (Lipinski definition) is 0. The zero-order valence-electron chi connectivity index (χ0n) is 8.02. The first kappa shape index (κ1) is 9.58. The van der Waals surface area contributed by atoms with E-state index in [4.69, 9.17) is 0 Å². The number of carbonyl (C=O) groups is 3. The van der Waals surface area contributed by atoms with Crippen LogP contribution in [-0.4, -0.2) is 24.1 Å². The van der Waals surface area contributed by atoms with E-state index in [0.717, 1.165) is 5.56 Å². The number of Topliss-reactive ketones (excluding diaryl/α,β-unsaturated/α-hetero) is 2. The molecular formula is C11H8O4. The zero-order valence-corrected chi connectivity index (χ0v) is 8.02. The first-order valence-electron chi connectivity index (χ1n) is 4.43. The molecule has 0 N–H and O–H groups in total. The lowest BCUT2D eigenvalue weighted by atomic mass is 10.1. The number of aryl methyl sites for hydroxylation is 1. The van der Waals surface area contributed by atoms with Crippen LogP contribution in [0.25, 0.3) is 0 Å². The standard InChI is InChI=1S/C11H8O4/c1-6-2-3-7-8(4-6)10(14)11(9(7)13)15-5-12/h2-5,11H,1H3. The van der Waals surface area contributed by atoms with Gasteiger partial charge in [0, 0.05) is 11.1 Å². The van der Waals surface area contributed by atoms with Crippen LogP contribution in [0.4, 0.5) is 0 Å². The van der Waals surface area contributed by atoms with Crippen LogP contribution in [0, 0.1) is 6.92 Å². The molecule has 1 aromatic rings. The fraction of sp³-hybridized carbons (Fsp3) is 0.182. The first-order chi connectivity index (χ1) is 7.15. The number of rotatable bonds is 2. The minimum Gasteiger partial charge on any atom is -0.448 e. The lowest BCUT2D eigenvalue weighted by Gasteiger charge is -2.01. The quantitative estimate of drug-likeness (QED) is 0.530. The van der Waals surface area contributed by atoms with Gasteiger partial charge in [-0.15, -0.1) is 0 Å². The maximum atomic E-state index is 11.6. The Kier molecular flexibility index (Phi) is 2.11. The molecule has 0 bridgehead atoms. The van der Waals surface area contributed by atoms with E-state index in [2.05, 4.69) is 4.74 Å². The minimum absolute atomic E-state index is 0.124. The molecule has 1 aliphatic carbocycles. The number of benzene rings is 1. The fourth-order valence-corrected chi connectivity index (χ4v) is 1.66. The molecule has 15 heavy (non-hydrogen) atoms. The monoisotopic (exact) mass is 204 g/mol. The highest BCUT2D eigenvalue weighted by Crippen LogP contribution is 2.24. The minimum atomic E-state index is -1.28. The summed E-state index contributed by atoms with van der Waals surface area (Å²) in [6.45, 7) is 1.95. The van der Waals surface area contributed by atoms with Crippen LogP contribution >= 0.6 is 0 Å². The van der Waals surface area contributed by atoms with E-state index in [1.54, 1.807) is 18.2 Å². The van der Waals surface area contributed by atoms with Crippen LogP contribution in [0.15, 0.2) is 18.2 Å². The van der Waals surface area contributed by atoms with Crippen molar-refractivity contribution in [3.8, 4) is 0 Å². The molecule has 4 nitrogen and oxygen atoms in total.